The molecule has 2 rings (SSSR count). The molecule has 0 N–H and O–H groups in total. The number of hydrogen-bond acceptors (Lipinski definition) is 2. The van der Waals surface area contributed by atoms with E-state index in [2.05, 4.69) is 11.9 Å². The van der Waals surface area contributed by atoms with E-state index in [9.17, 15) is 0 Å². The van der Waals surface area contributed by atoms with Crippen LogP contribution >= 0.6 is 0 Å². The molecule has 0 unspecified atom stereocenters. The van der Waals surface area contributed by atoms with Crippen molar-refractivity contribution in [2.75, 3.05) is 6.61 Å². The third kappa shape index (κ3) is 1.20. The van der Waals surface area contributed by atoms with Crippen molar-refractivity contribution in [2.45, 2.75) is 12.8 Å². The van der Waals surface area contributed by atoms with Gasteiger partial charge in [0.1, 0.15) is 5.75 Å². The molecular weight excluding hydrogens is 138 g/mol. The topological polar surface area (TPSA) is 22.1 Å². The Morgan fingerprint density at radius 3 is 3.36 bits per heavy atom. The van der Waals surface area contributed by atoms with Crippen LogP contribution in [0.25, 0.3) is 0 Å². The number of rotatable bonds is 0. The van der Waals surface area contributed by atoms with Crippen molar-refractivity contribution in [2.24, 2.45) is 0 Å². The molecule has 0 aromatic carbocycles. The van der Waals surface area contributed by atoms with Crippen LogP contribution in [-0.2, 0) is 6.42 Å². The Hall–Kier alpha value is -1.05. The van der Waals surface area contributed by atoms with E-state index in [1.165, 1.54) is 5.56 Å². The summed E-state index contributed by atoms with van der Waals surface area (Å²) in [6, 6.07) is 1.99. The molecule has 1 aliphatic rings. The Kier molecular flexibility index (Phi) is 1.53. The van der Waals surface area contributed by atoms with Gasteiger partial charge in [-0.1, -0.05) is 0 Å². The Bertz CT molecular complexity index is 270. The second-order valence-corrected chi connectivity index (χ2v) is 2.74. The predicted molar refractivity (Wildman–Crippen MR) is 42.5 cm³/mol. The summed E-state index contributed by atoms with van der Waals surface area (Å²) in [5.74, 6) is 0.934. The molecule has 2 heteroatoms. The molecule has 2 heterocycles. The molecule has 0 fully saturated rings. The summed E-state index contributed by atoms with van der Waals surface area (Å²) in [5, 5.41) is 0. The van der Waals surface area contributed by atoms with E-state index in [0.717, 1.165) is 30.9 Å². The van der Waals surface area contributed by atoms with E-state index in [1.54, 1.807) is 6.20 Å². The fraction of sp³-hybridized carbons (Fsp3) is 0.333. The number of aryl methyl sites for hydroxylation is 1. The van der Waals surface area contributed by atoms with Gasteiger partial charge < -0.3 is 4.74 Å². The summed E-state index contributed by atoms with van der Waals surface area (Å²) in [6.45, 7) is 4.59. The first kappa shape index (κ1) is 6.65. The van der Waals surface area contributed by atoms with Gasteiger partial charge in [0.25, 0.3) is 0 Å². The molecule has 1 radical (unpaired) electrons. The average Bonchev–Trinajstić information content (AvgIpc) is 2.04. The zero-order valence-electron chi connectivity index (χ0n) is 6.34. The molecule has 0 amide bonds. The summed E-state index contributed by atoms with van der Waals surface area (Å²) in [6.07, 6.45) is 3.97. The highest BCUT2D eigenvalue weighted by Gasteiger charge is 2.09. The molecule has 57 valence electrons. The third-order valence-electron chi connectivity index (χ3n) is 1.85. The molecule has 0 saturated carbocycles. The zero-order chi connectivity index (χ0) is 7.68. The standard InChI is InChI=1S/C9H10NO/c1-7-5-8-3-2-4-11-9(8)6-10-7/h5-6H,1-4H2. The van der Waals surface area contributed by atoms with Crippen LogP contribution in [0.1, 0.15) is 17.7 Å². The molecule has 1 aromatic heterocycles. The summed E-state index contributed by atoms with van der Waals surface area (Å²) in [7, 11) is 0. The second kappa shape index (κ2) is 2.53. The Balaban J connectivity index is 2.43. The lowest BCUT2D eigenvalue weighted by Crippen LogP contribution is -2.08. The Morgan fingerprint density at radius 2 is 2.45 bits per heavy atom. The van der Waals surface area contributed by atoms with Gasteiger partial charge in [0, 0.05) is 5.69 Å². The molecule has 0 bridgehead atoms. The molecule has 0 spiro atoms. The first-order valence-electron chi connectivity index (χ1n) is 3.80. The van der Waals surface area contributed by atoms with Crippen LogP contribution in [0.3, 0.4) is 0 Å². The van der Waals surface area contributed by atoms with Crippen LogP contribution in [0, 0.1) is 6.92 Å². The van der Waals surface area contributed by atoms with Crippen LogP contribution in [-0.4, -0.2) is 11.6 Å². The molecule has 1 aromatic rings. The minimum absolute atomic E-state index is 0.825. The van der Waals surface area contributed by atoms with E-state index < -0.39 is 0 Å². The number of fused-ring (bicyclic) bond motifs is 1. The molecular formula is C9H10NO. The van der Waals surface area contributed by atoms with Crippen molar-refractivity contribution in [3.8, 4) is 5.75 Å². The molecule has 0 atom stereocenters. The van der Waals surface area contributed by atoms with Gasteiger partial charge in [-0.15, -0.1) is 0 Å². The summed E-state index contributed by atoms with van der Waals surface area (Å²) in [4.78, 5) is 4.06. The third-order valence-corrected chi connectivity index (χ3v) is 1.85. The van der Waals surface area contributed by atoms with Crippen molar-refractivity contribution in [3.05, 3.63) is 30.4 Å². The van der Waals surface area contributed by atoms with Crippen molar-refractivity contribution >= 4 is 0 Å². The van der Waals surface area contributed by atoms with E-state index in [1.807, 2.05) is 6.07 Å². The van der Waals surface area contributed by atoms with Gasteiger partial charge in [0.05, 0.1) is 12.8 Å². The summed E-state index contributed by atoms with van der Waals surface area (Å²) >= 11 is 0. The fourth-order valence-corrected chi connectivity index (χ4v) is 1.30. The van der Waals surface area contributed by atoms with Crippen LogP contribution in [0.15, 0.2) is 12.3 Å². The SMILES string of the molecule is [CH2]c1cc2c(cn1)OCCC2. The van der Waals surface area contributed by atoms with Gasteiger partial charge in [-0.25, -0.2) is 0 Å². The second-order valence-electron chi connectivity index (χ2n) is 2.74. The number of pyridine rings is 1. The van der Waals surface area contributed by atoms with Gasteiger partial charge in [-0.3, -0.25) is 4.98 Å². The van der Waals surface area contributed by atoms with Gasteiger partial charge in [-0.05, 0) is 31.4 Å². The van der Waals surface area contributed by atoms with Gasteiger partial charge in [0.15, 0.2) is 0 Å². The minimum atomic E-state index is 0.825. The van der Waals surface area contributed by atoms with Crippen LogP contribution in [0.5, 0.6) is 5.75 Å². The Morgan fingerprint density at radius 1 is 1.55 bits per heavy atom. The predicted octanol–water partition coefficient (Wildman–Crippen LogP) is 1.59. The first-order valence-corrected chi connectivity index (χ1v) is 3.80. The summed E-state index contributed by atoms with van der Waals surface area (Å²) in [5.41, 5.74) is 2.07. The van der Waals surface area contributed by atoms with Crippen LogP contribution in [0.2, 0.25) is 0 Å². The lowest BCUT2D eigenvalue weighted by atomic mass is 10.1. The maximum absolute atomic E-state index is 5.39. The highest BCUT2D eigenvalue weighted by atomic mass is 16.5. The van der Waals surface area contributed by atoms with E-state index in [0.29, 0.717) is 0 Å². The molecule has 0 saturated heterocycles. The largest absolute Gasteiger partial charge is 0.492 e. The molecule has 11 heavy (non-hydrogen) atoms. The van der Waals surface area contributed by atoms with E-state index in [-0.39, 0.29) is 0 Å². The Labute approximate surface area is 66.2 Å². The number of aromatic nitrogens is 1. The smallest absolute Gasteiger partial charge is 0.140 e. The average molecular weight is 148 g/mol. The van der Waals surface area contributed by atoms with E-state index in [4.69, 9.17) is 4.74 Å². The molecule has 1 aliphatic heterocycles. The highest BCUT2D eigenvalue weighted by molar-refractivity contribution is 5.34. The minimum Gasteiger partial charge on any atom is -0.492 e. The number of ether oxygens (including phenoxy) is 1. The monoisotopic (exact) mass is 148 g/mol. The fourth-order valence-electron chi connectivity index (χ4n) is 1.30. The normalized spacial score (nSPS) is 15.4. The lowest BCUT2D eigenvalue weighted by Gasteiger charge is -2.16. The highest BCUT2D eigenvalue weighted by Crippen LogP contribution is 2.23. The van der Waals surface area contributed by atoms with Gasteiger partial charge >= 0.3 is 0 Å². The van der Waals surface area contributed by atoms with Crippen LogP contribution < -0.4 is 4.74 Å². The maximum Gasteiger partial charge on any atom is 0.140 e. The number of hydrogen-bond donors (Lipinski definition) is 0. The van der Waals surface area contributed by atoms with Crippen LogP contribution in [0.4, 0.5) is 0 Å². The first-order chi connectivity index (χ1) is 5.36. The molecule has 0 aliphatic carbocycles. The number of nitrogens with zero attached hydrogens (tertiary/aromatic N) is 1. The maximum atomic E-state index is 5.39. The molecule has 2 nitrogen and oxygen atoms in total. The lowest BCUT2D eigenvalue weighted by molar-refractivity contribution is 0.287. The van der Waals surface area contributed by atoms with Crippen molar-refractivity contribution in [1.82, 2.24) is 4.98 Å². The van der Waals surface area contributed by atoms with Crippen molar-refractivity contribution in [1.29, 1.82) is 0 Å². The van der Waals surface area contributed by atoms with Gasteiger partial charge in [0.2, 0.25) is 0 Å². The van der Waals surface area contributed by atoms with E-state index >= 15 is 0 Å². The van der Waals surface area contributed by atoms with Gasteiger partial charge in [-0.2, -0.15) is 0 Å². The van der Waals surface area contributed by atoms with Crippen molar-refractivity contribution in [3.63, 3.8) is 0 Å². The van der Waals surface area contributed by atoms with Crippen molar-refractivity contribution < 1.29 is 4.74 Å². The quantitative estimate of drug-likeness (QED) is 0.557. The zero-order valence-corrected chi connectivity index (χ0v) is 6.34. The summed E-state index contributed by atoms with van der Waals surface area (Å²) < 4.78 is 5.39.